The summed E-state index contributed by atoms with van der Waals surface area (Å²) in [5.74, 6) is -0.0642. The highest BCUT2D eigenvalue weighted by molar-refractivity contribution is 7.80. The molecule has 0 heterocycles. The van der Waals surface area contributed by atoms with E-state index in [-0.39, 0.29) is 5.78 Å². The topological polar surface area (TPSA) is 61.4 Å². The number of carbonyl (C=O) groups excluding carboxylic acids is 1. The predicted molar refractivity (Wildman–Crippen MR) is 95.9 cm³/mol. The van der Waals surface area contributed by atoms with Gasteiger partial charge in [-0.3, -0.25) is 4.79 Å². The highest BCUT2D eigenvalue weighted by Gasteiger charge is 2.34. The van der Waals surface area contributed by atoms with Gasteiger partial charge >= 0.3 is 0 Å². The highest BCUT2D eigenvalue weighted by Crippen LogP contribution is 2.37. The molecule has 4 rings (SSSR count). The van der Waals surface area contributed by atoms with Crippen molar-refractivity contribution < 1.29 is 9.90 Å². The van der Waals surface area contributed by atoms with Crippen molar-refractivity contribution >= 4 is 23.1 Å². The van der Waals surface area contributed by atoms with Crippen LogP contribution in [-0.2, 0) is 0 Å². The Labute approximate surface area is 145 Å². The Kier molecular flexibility index (Phi) is 3.82. The summed E-state index contributed by atoms with van der Waals surface area (Å²) in [6, 6.07) is 14.6. The molecule has 4 nitrogen and oxygen atoms in total. The lowest BCUT2D eigenvalue weighted by Crippen LogP contribution is -2.40. The molecule has 24 heavy (non-hydrogen) atoms. The number of carbonyl (C=O) groups is 1. The Hall–Kier alpha value is -2.24. The quantitative estimate of drug-likeness (QED) is 0.735. The third kappa shape index (κ3) is 2.70. The number of aliphatic hydroxyl groups is 1. The summed E-state index contributed by atoms with van der Waals surface area (Å²) in [5.41, 5.74) is 2.55. The Morgan fingerprint density at radius 3 is 2.21 bits per heavy atom. The summed E-state index contributed by atoms with van der Waals surface area (Å²) in [4.78, 5) is 12.9. The van der Waals surface area contributed by atoms with Crippen LogP contribution in [0.15, 0.2) is 48.5 Å². The maximum absolute atomic E-state index is 12.9. The smallest absolute Gasteiger partial charge is 0.193 e. The number of fused-ring (bicyclic) bond motifs is 2. The largest absolute Gasteiger partial charge is 0.386 e. The minimum Gasteiger partial charge on any atom is -0.386 e. The van der Waals surface area contributed by atoms with Gasteiger partial charge in [0.05, 0.1) is 6.04 Å². The number of thiocarbonyl (C=S) groups is 1. The van der Waals surface area contributed by atoms with E-state index in [1.807, 2.05) is 30.3 Å². The summed E-state index contributed by atoms with van der Waals surface area (Å²) in [6.07, 6.45) is 1.38. The van der Waals surface area contributed by atoms with Crippen molar-refractivity contribution in [2.75, 3.05) is 0 Å². The van der Waals surface area contributed by atoms with E-state index in [1.165, 1.54) is 0 Å². The van der Waals surface area contributed by atoms with Crippen LogP contribution in [0.3, 0.4) is 0 Å². The van der Waals surface area contributed by atoms with Crippen molar-refractivity contribution in [3.8, 4) is 0 Å². The molecule has 2 aromatic carbocycles. The highest BCUT2D eigenvalue weighted by atomic mass is 32.1. The van der Waals surface area contributed by atoms with Gasteiger partial charge in [0.15, 0.2) is 10.9 Å². The zero-order valence-corrected chi connectivity index (χ0v) is 13.8. The number of hydrogen-bond acceptors (Lipinski definition) is 3. The van der Waals surface area contributed by atoms with Crippen molar-refractivity contribution in [2.45, 2.75) is 31.0 Å². The summed E-state index contributed by atoms with van der Waals surface area (Å²) < 4.78 is 0. The van der Waals surface area contributed by atoms with Crippen molar-refractivity contribution in [3.05, 3.63) is 70.8 Å². The molecule has 1 fully saturated rings. The van der Waals surface area contributed by atoms with Crippen LogP contribution in [0.5, 0.6) is 0 Å². The number of ketones is 1. The lowest BCUT2D eigenvalue weighted by Gasteiger charge is -2.26. The van der Waals surface area contributed by atoms with Gasteiger partial charge in [-0.1, -0.05) is 48.5 Å². The molecule has 122 valence electrons. The number of rotatable bonds is 2. The van der Waals surface area contributed by atoms with Gasteiger partial charge in [-0.2, -0.15) is 0 Å². The van der Waals surface area contributed by atoms with Gasteiger partial charge in [0.1, 0.15) is 6.10 Å². The van der Waals surface area contributed by atoms with Crippen LogP contribution >= 0.6 is 12.2 Å². The van der Waals surface area contributed by atoms with E-state index < -0.39 is 12.1 Å². The van der Waals surface area contributed by atoms with Crippen LogP contribution < -0.4 is 10.6 Å². The van der Waals surface area contributed by atoms with Gasteiger partial charge in [-0.25, -0.2) is 0 Å². The molecule has 2 atom stereocenters. The zero-order valence-electron chi connectivity index (χ0n) is 13.0. The van der Waals surface area contributed by atoms with E-state index in [2.05, 4.69) is 10.6 Å². The first-order chi connectivity index (χ1) is 11.6. The monoisotopic (exact) mass is 338 g/mol. The first-order valence-electron chi connectivity index (χ1n) is 8.13. The van der Waals surface area contributed by atoms with Gasteiger partial charge in [0, 0.05) is 17.2 Å². The van der Waals surface area contributed by atoms with E-state index in [1.54, 1.807) is 18.2 Å². The molecule has 0 bridgehead atoms. The molecule has 0 amide bonds. The number of benzene rings is 2. The number of hydrogen-bond donors (Lipinski definition) is 3. The molecular weight excluding hydrogens is 320 g/mol. The van der Waals surface area contributed by atoms with Crippen LogP contribution in [0.2, 0.25) is 0 Å². The molecule has 1 saturated carbocycles. The van der Waals surface area contributed by atoms with E-state index >= 15 is 0 Å². The third-order valence-corrected chi connectivity index (χ3v) is 4.82. The van der Waals surface area contributed by atoms with Gasteiger partial charge in [-0.15, -0.1) is 0 Å². The normalized spacial score (nSPS) is 22.1. The summed E-state index contributed by atoms with van der Waals surface area (Å²) >= 11 is 5.39. The van der Waals surface area contributed by atoms with Crippen molar-refractivity contribution in [1.82, 2.24) is 10.6 Å². The minimum atomic E-state index is -0.854. The van der Waals surface area contributed by atoms with E-state index in [9.17, 15) is 9.90 Å². The third-order valence-electron chi connectivity index (χ3n) is 4.58. The molecule has 3 N–H and O–H groups in total. The molecule has 2 aromatic rings. The minimum absolute atomic E-state index is 0.0642. The van der Waals surface area contributed by atoms with Crippen molar-refractivity contribution in [2.24, 2.45) is 0 Å². The van der Waals surface area contributed by atoms with Gasteiger partial charge in [0.25, 0.3) is 0 Å². The average molecular weight is 338 g/mol. The first-order valence-corrected chi connectivity index (χ1v) is 8.53. The van der Waals surface area contributed by atoms with Crippen molar-refractivity contribution in [1.29, 1.82) is 0 Å². The molecule has 0 unspecified atom stereocenters. The van der Waals surface area contributed by atoms with E-state index in [4.69, 9.17) is 12.2 Å². The summed E-state index contributed by atoms with van der Waals surface area (Å²) in [6.45, 7) is 0. The predicted octanol–water partition coefficient (Wildman–Crippen LogP) is 2.63. The molecule has 0 radical (unpaired) electrons. The maximum Gasteiger partial charge on any atom is 0.193 e. The average Bonchev–Trinajstić information content (AvgIpc) is 3.42. The van der Waals surface area contributed by atoms with Crippen LogP contribution in [0.1, 0.15) is 52.0 Å². The molecule has 0 aliphatic heterocycles. The van der Waals surface area contributed by atoms with Crippen LogP contribution in [-0.4, -0.2) is 22.0 Å². The van der Waals surface area contributed by atoms with Crippen LogP contribution in [0.4, 0.5) is 0 Å². The van der Waals surface area contributed by atoms with Crippen LogP contribution in [0.25, 0.3) is 0 Å². The van der Waals surface area contributed by atoms with Gasteiger partial charge < -0.3 is 15.7 Å². The molecule has 0 aromatic heterocycles. The molecule has 0 spiro atoms. The van der Waals surface area contributed by atoms with Crippen LogP contribution in [0, 0.1) is 0 Å². The van der Waals surface area contributed by atoms with E-state index in [0.29, 0.717) is 27.8 Å². The lowest BCUT2D eigenvalue weighted by atomic mass is 9.96. The maximum atomic E-state index is 12.9. The number of aliphatic hydroxyl groups excluding tert-OH is 1. The fourth-order valence-electron chi connectivity index (χ4n) is 3.18. The second kappa shape index (κ2) is 6.00. The fourth-order valence-corrected chi connectivity index (χ4v) is 3.48. The molecule has 5 heteroatoms. The second-order valence-electron chi connectivity index (χ2n) is 6.32. The Morgan fingerprint density at radius 1 is 0.958 bits per heavy atom. The molecule has 2 aliphatic carbocycles. The SMILES string of the molecule is O=C1c2ccccc2[C@@H](O)[C@H](NC(=S)NC2CC2)c2ccccc21. The molecule has 0 saturated heterocycles. The summed E-state index contributed by atoms with van der Waals surface area (Å²) in [5, 5.41) is 17.9. The Morgan fingerprint density at radius 2 is 1.54 bits per heavy atom. The fraction of sp³-hybridized carbons (Fsp3) is 0.263. The standard InChI is InChI=1S/C19H18N2O2S/c22-17-13-6-2-1-5-12(13)16(21-19(24)20-11-9-10-11)18(23)15-8-4-3-7-14(15)17/h1-8,11,16,18,23H,9-10H2,(H2,20,21,24)/t16-,18-/m1/s1. The van der Waals surface area contributed by atoms with Gasteiger partial charge in [-0.05, 0) is 36.2 Å². The van der Waals surface area contributed by atoms with Crippen molar-refractivity contribution in [3.63, 3.8) is 0 Å². The summed E-state index contributed by atoms with van der Waals surface area (Å²) in [7, 11) is 0. The second-order valence-corrected chi connectivity index (χ2v) is 6.73. The molecule has 2 aliphatic rings. The van der Waals surface area contributed by atoms with Gasteiger partial charge in [0.2, 0.25) is 0 Å². The Balaban J connectivity index is 1.77. The number of nitrogens with one attached hydrogen (secondary N) is 2. The van der Waals surface area contributed by atoms with E-state index in [0.717, 1.165) is 18.4 Å². The molecular formula is C19H18N2O2S. The Bertz CT molecular complexity index is 817. The first kappa shape index (κ1) is 15.3. The zero-order chi connectivity index (χ0) is 16.7. The lowest BCUT2D eigenvalue weighted by molar-refractivity contribution is 0.103.